The third-order valence-corrected chi connectivity index (χ3v) is 3.58. The highest BCUT2D eigenvalue weighted by Gasteiger charge is 2.17. The Morgan fingerprint density at radius 1 is 1.56 bits per heavy atom. The highest BCUT2D eigenvalue weighted by atomic mass is 35.5. The van der Waals surface area contributed by atoms with Gasteiger partial charge in [-0.15, -0.1) is 0 Å². The van der Waals surface area contributed by atoms with Crippen molar-refractivity contribution in [3.63, 3.8) is 0 Å². The lowest BCUT2D eigenvalue weighted by Gasteiger charge is -2.33. The molecule has 1 aromatic carbocycles. The summed E-state index contributed by atoms with van der Waals surface area (Å²) in [4.78, 5) is 2.32. The molecule has 0 amide bonds. The van der Waals surface area contributed by atoms with E-state index >= 15 is 0 Å². The second-order valence-corrected chi connectivity index (χ2v) is 5.14. The molecule has 5 heteroatoms. The molecule has 3 nitrogen and oxygen atoms in total. The van der Waals surface area contributed by atoms with E-state index in [1.165, 1.54) is 6.07 Å². The molecule has 0 spiro atoms. The fraction of sp³-hybridized carbons (Fsp3) is 0.538. The van der Waals surface area contributed by atoms with Crippen molar-refractivity contribution in [2.24, 2.45) is 0 Å². The second-order valence-electron chi connectivity index (χ2n) is 4.71. The van der Waals surface area contributed by atoms with E-state index in [0.717, 1.165) is 26.2 Å². The Kier molecular flexibility index (Phi) is 4.95. The van der Waals surface area contributed by atoms with Crippen LogP contribution in [0.25, 0.3) is 0 Å². The Labute approximate surface area is 112 Å². The van der Waals surface area contributed by atoms with Crippen molar-refractivity contribution < 1.29 is 4.39 Å². The van der Waals surface area contributed by atoms with Crippen LogP contribution in [-0.4, -0.2) is 44.2 Å². The fourth-order valence-electron chi connectivity index (χ4n) is 2.14. The van der Waals surface area contributed by atoms with Crippen molar-refractivity contribution in [2.75, 3.05) is 33.2 Å². The predicted octanol–water partition coefficient (Wildman–Crippen LogP) is 1.47. The lowest BCUT2D eigenvalue weighted by Crippen LogP contribution is -2.53. The Morgan fingerprint density at radius 2 is 2.39 bits per heavy atom. The molecular weight excluding hydrogens is 253 g/mol. The highest BCUT2D eigenvalue weighted by Crippen LogP contribution is 2.14. The molecule has 1 atom stereocenters. The molecule has 18 heavy (non-hydrogen) atoms. The summed E-state index contributed by atoms with van der Waals surface area (Å²) in [6, 6.07) is 5.11. The quantitative estimate of drug-likeness (QED) is 0.869. The summed E-state index contributed by atoms with van der Waals surface area (Å²) in [7, 11) is 2.12. The third kappa shape index (κ3) is 3.65. The molecule has 1 aliphatic rings. The van der Waals surface area contributed by atoms with Crippen molar-refractivity contribution in [1.29, 1.82) is 0 Å². The summed E-state index contributed by atoms with van der Waals surface area (Å²) >= 11 is 5.85. The largest absolute Gasteiger partial charge is 0.314 e. The monoisotopic (exact) mass is 271 g/mol. The van der Waals surface area contributed by atoms with Crippen LogP contribution in [0.3, 0.4) is 0 Å². The van der Waals surface area contributed by atoms with E-state index < -0.39 is 0 Å². The first-order chi connectivity index (χ1) is 8.66. The van der Waals surface area contributed by atoms with Crippen LogP contribution in [0.2, 0.25) is 5.02 Å². The Balaban J connectivity index is 1.82. The minimum absolute atomic E-state index is 0.206. The van der Waals surface area contributed by atoms with E-state index in [1.807, 2.05) is 0 Å². The number of hydrogen-bond donors (Lipinski definition) is 2. The average molecular weight is 272 g/mol. The van der Waals surface area contributed by atoms with Gasteiger partial charge >= 0.3 is 0 Å². The summed E-state index contributed by atoms with van der Waals surface area (Å²) in [6.45, 7) is 4.42. The van der Waals surface area contributed by atoms with Gasteiger partial charge in [-0.1, -0.05) is 11.6 Å². The van der Waals surface area contributed by atoms with Gasteiger partial charge in [0.15, 0.2) is 0 Å². The summed E-state index contributed by atoms with van der Waals surface area (Å²) in [5.41, 5.74) is 0.619. The molecule has 1 heterocycles. The van der Waals surface area contributed by atoms with E-state index in [2.05, 4.69) is 22.6 Å². The molecule has 0 bridgehead atoms. The summed E-state index contributed by atoms with van der Waals surface area (Å²) in [6.07, 6.45) is 0. The van der Waals surface area contributed by atoms with Crippen LogP contribution < -0.4 is 10.6 Å². The van der Waals surface area contributed by atoms with E-state index in [9.17, 15) is 4.39 Å². The van der Waals surface area contributed by atoms with Crippen LogP contribution in [0, 0.1) is 5.82 Å². The number of nitrogens with one attached hydrogen (secondary N) is 2. The lowest BCUT2D eigenvalue weighted by molar-refractivity contribution is 0.195. The van der Waals surface area contributed by atoms with Crippen LogP contribution in [0.4, 0.5) is 4.39 Å². The zero-order valence-corrected chi connectivity index (χ0v) is 11.3. The maximum Gasteiger partial charge on any atom is 0.127 e. The molecule has 1 unspecified atom stereocenters. The van der Waals surface area contributed by atoms with Crippen molar-refractivity contribution in [1.82, 2.24) is 15.5 Å². The molecule has 0 aliphatic carbocycles. The average Bonchev–Trinajstić information content (AvgIpc) is 2.36. The molecule has 1 aromatic rings. The number of piperazine rings is 1. The molecule has 0 radical (unpaired) electrons. The first-order valence-corrected chi connectivity index (χ1v) is 6.60. The molecule has 0 aromatic heterocycles. The molecule has 2 rings (SSSR count). The number of hydrogen-bond acceptors (Lipinski definition) is 3. The second kappa shape index (κ2) is 6.48. The van der Waals surface area contributed by atoms with Crippen molar-refractivity contribution in [3.05, 3.63) is 34.6 Å². The minimum Gasteiger partial charge on any atom is -0.314 e. The standard InChI is InChI=1S/C13H19ClFN3/c1-18-5-4-16-8-12(18)9-17-7-10-6-11(14)2-3-13(10)15/h2-3,6,12,16-17H,4-5,7-9H2,1H3. The van der Waals surface area contributed by atoms with E-state index in [0.29, 0.717) is 23.2 Å². The number of rotatable bonds is 4. The van der Waals surface area contributed by atoms with Crippen LogP contribution in [0.15, 0.2) is 18.2 Å². The molecule has 1 fully saturated rings. The van der Waals surface area contributed by atoms with E-state index in [-0.39, 0.29) is 5.82 Å². The van der Waals surface area contributed by atoms with Gasteiger partial charge in [0.2, 0.25) is 0 Å². The normalized spacial score (nSPS) is 21.2. The molecule has 2 N–H and O–H groups in total. The van der Waals surface area contributed by atoms with Crippen molar-refractivity contribution in [2.45, 2.75) is 12.6 Å². The van der Waals surface area contributed by atoms with Crippen LogP contribution in [-0.2, 0) is 6.54 Å². The Morgan fingerprint density at radius 3 is 3.17 bits per heavy atom. The van der Waals surface area contributed by atoms with Gasteiger partial charge in [0.1, 0.15) is 5.82 Å². The zero-order valence-electron chi connectivity index (χ0n) is 10.5. The van der Waals surface area contributed by atoms with Gasteiger partial charge in [-0.2, -0.15) is 0 Å². The van der Waals surface area contributed by atoms with Gasteiger partial charge in [-0.25, -0.2) is 4.39 Å². The van der Waals surface area contributed by atoms with Crippen molar-refractivity contribution >= 4 is 11.6 Å². The Hall–Kier alpha value is -0.680. The van der Waals surface area contributed by atoms with Gasteiger partial charge in [0, 0.05) is 49.4 Å². The smallest absolute Gasteiger partial charge is 0.127 e. The van der Waals surface area contributed by atoms with Gasteiger partial charge in [-0.3, -0.25) is 4.90 Å². The van der Waals surface area contributed by atoms with E-state index in [4.69, 9.17) is 11.6 Å². The van der Waals surface area contributed by atoms with Gasteiger partial charge in [0.05, 0.1) is 0 Å². The topological polar surface area (TPSA) is 27.3 Å². The van der Waals surface area contributed by atoms with Gasteiger partial charge in [0.25, 0.3) is 0 Å². The number of halogens is 2. The van der Waals surface area contributed by atoms with Crippen LogP contribution in [0.1, 0.15) is 5.56 Å². The third-order valence-electron chi connectivity index (χ3n) is 3.35. The number of nitrogens with zero attached hydrogens (tertiary/aromatic N) is 1. The molecule has 100 valence electrons. The summed E-state index contributed by atoms with van der Waals surface area (Å²) in [5.74, 6) is -0.206. The molecular formula is C13H19ClFN3. The predicted molar refractivity (Wildman–Crippen MR) is 72.4 cm³/mol. The SMILES string of the molecule is CN1CCNCC1CNCc1cc(Cl)ccc1F. The molecule has 1 saturated heterocycles. The van der Waals surface area contributed by atoms with Crippen LogP contribution >= 0.6 is 11.6 Å². The maximum atomic E-state index is 13.5. The van der Waals surface area contributed by atoms with Crippen molar-refractivity contribution in [3.8, 4) is 0 Å². The van der Waals surface area contributed by atoms with Crippen LogP contribution in [0.5, 0.6) is 0 Å². The lowest BCUT2D eigenvalue weighted by atomic mass is 10.2. The van der Waals surface area contributed by atoms with Gasteiger partial charge in [-0.05, 0) is 25.2 Å². The zero-order chi connectivity index (χ0) is 13.0. The number of likely N-dealkylation sites (N-methyl/N-ethyl adjacent to an activating group) is 1. The first-order valence-electron chi connectivity index (χ1n) is 6.22. The summed E-state index contributed by atoms with van der Waals surface area (Å²) in [5, 5.41) is 7.22. The Bertz CT molecular complexity index is 400. The molecule has 1 aliphatic heterocycles. The van der Waals surface area contributed by atoms with Gasteiger partial charge < -0.3 is 10.6 Å². The summed E-state index contributed by atoms with van der Waals surface area (Å²) < 4.78 is 13.5. The highest BCUT2D eigenvalue weighted by molar-refractivity contribution is 6.30. The first kappa shape index (κ1) is 13.7. The van der Waals surface area contributed by atoms with E-state index in [1.54, 1.807) is 12.1 Å². The number of benzene rings is 1. The fourth-order valence-corrected chi connectivity index (χ4v) is 2.34. The minimum atomic E-state index is -0.206. The maximum absolute atomic E-state index is 13.5. The molecule has 0 saturated carbocycles.